The van der Waals surface area contributed by atoms with Gasteiger partial charge < -0.3 is 10.1 Å². The molecule has 144 valence electrons. The van der Waals surface area contributed by atoms with Crippen LogP contribution in [0.15, 0.2) is 24.3 Å². The second-order valence-electron chi connectivity index (χ2n) is 7.13. The van der Waals surface area contributed by atoms with Crippen molar-refractivity contribution in [2.24, 2.45) is 5.92 Å². The molecular formula is C21H24FNO3S. The first-order valence-corrected chi connectivity index (χ1v) is 10.1. The average Bonchev–Trinajstić information content (AvgIpc) is 3.26. The molecule has 0 radical (unpaired) electrons. The third-order valence-corrected chi connectivity index (χ3v) is 6.06. The zero-order chi connectivity index (χ0) is 19.6. The van der Waals surface area contributed by atoms with Crippen molar-refractivity contribution in [1.29, 1.82) is 0 Å². The van der Waals surface area contributed by atoms with E-state index in [-0.39, 0.29) is 23.6 Å². The molecule has 0 saturated carbocycles. The van der Waals surface area contributed by atoms with Crippen LogP contribution in [0.25, 0.3) is 10.4 Å². The average molecular weight is 389 g/mol. The van der Waals surface area contributed by atoms with E-state index in [1.165, 1.54) is 30.4 Å². The number of Topliss-reactive ketones (excluding diaryl/α,β-unsaturated/α-hetero) is 1. The van der Waals surface area contributed by atoms with Crippen molar-refractivity contribution in [2.45, 2.75) is 46.1 Å². The highest BCUT2D eigenvalue weighted by molar-refractivity contribution is 7.17. The van der Waals surface area contributed by atoms with Gasteiger partial charge in [0.1, 0.15) is 17.7 Å². The second-order valence-corrected chi connectivity index (χ2v) is 8.21. The highest BCUT2D eigenvalue weighted by Crippen LogP contribution is 2.42. The number of carbonyl (C=O) groups excluding carboxylic acids is 2. The molecule has 0 saturated heterocycles. The lowest BCUT2D eigenvalue weighted by Gasteiger charge is -2.14. The summed E-state index contributed by atoms with van der Waals surface area (Å²) in [5.41, 5.74) is 1.46. The highest BCUT2D eigenvalue weighted by Gasteiger charge is 2.28. The molecule has 2 aromatic rings. The zero-order valence-corrected chi connectivity index (χ0v) is 16.6. The SMILES string of the molecule is CCC(C)CC(=O)NCC1Cc2cc(F)cc(-c3ccc(C(C)=O)s3)c2O1. The fourth-order valence-corrected chi connectivity index (χ4v) is 4.04. The lowest BCUT2D eigenvalue weighted by atomic mass is 10.0. The first kappa shape index (κ1) is 19.5. The first-order valence-electron chi connectivity index (χ1n) is 9.24. The Kier molecular flexibility index (Phi) is 5.95. The summed E-state index contributed by atoms with van der Waals surface area (Å²) < 4.78 is 20.1. The van der Waals surface area contributed by atoms with E-state index in [1.54, 1.807) is 6.07 Å². The van der Waals surface area contributed by atoms with E-state index in [1.807, 2.05) is 13.0 Å². The summed E-state index contributed by atoms with van der Waals surface area (Å²) in [5.74, 6) is 0.671. The minimum Gasteiger partial charge on any atom is -0.487 e. The van der Waals surface area contributed by atoms with E-state index >= 15 is 0 Å². The Morgan fingerprint density at radius 1 is 1.37 bits per heavy atom. The van der Waals surface area contributed by atoms with Crippen molar-refractivity contribution in [1.82, 2.24) is 5.32 Å². The molecule has 6 heteroatoms. The van der Waals surface area contributed by atoms with Crippen LogP contribution in [0.5, 0.6) is 5.75 Å². The van der Waals surface area contributed by atoms with Crippen LogP contribution < -0.4 is 10.1 Å². The monoisotopic (exact) mass is 389 g/mol. The fraction of sp³-hybridized carbons (Fsp3) is 0.429. The molecule has 1 aromatic heterocycles. The Hall–Kier alpha value is -2.21. The third-order valence-electron chi connectivity index (χ3n) is 4.84. The lowest BCUT2D eigenvalue weighted by molar-refractivity contribution is -0.122. The van der Waals surface area contributed by atoms with Gasteiger partial charge in [-0.3, -0.25) is 9.59 Å². The summed E-state index contributed by atoms with van der Waals surface area (Å²) in [6, 6.07) is 6.50. The normalized spacial score (nSPS) is 16.5. The number of nitrogens with one attached hydrogen (secondary N) is 1. The van der Waals surface area contributed by atoms with Gasteiger partial charge in [0.05, 0.1) is 11.4 Å². The van der Waals surface area contributed by atoms with Gasteiger partial charge in [0.25, 0.3) is 0 Å². The van der Waals surface area contributed by atoms with Crippen molar-refractivity contribution in [3.8, 4) is 16.2 Å². The number of thiophene rings is 1. The summed E-state index contributed by atoms with van der Waals surface area (Å²) in [4.78, 5) is 25.0. The second kappa shape index (κ2) is 8.21. The van der Waals surface area contributed by atoms with Gasteiger partial charge in [0.15, 0.2) is 5.78 Å². The number of ketones is 1. The van der Waals surface area contributed by atoms with Gasteiger partial charge in [0.2, 0.25) is 5.91 Å². The van der Waals surface area contributed by atoms with Gasteiger partial charge in [0, 0.05) is 28.8 Å². The van der Waals surface area contributed by atoms with Crippen molar-refractivity contribution in [3.63, 3.8) is 0 Å². The van der Waals surface area contributed by atoms with Gasteiger partial charge in [-0.1, -0.05) is 20.3 Å². The number of carbonyl (C=O) groups is 2. The molecule has 0 spiro atoms. The van der Waals surface area contributed by atoms with Gasteiger partial charge in [-0.25, -0.2) is 4.39 Å². The summed E-state index contributed by atoms with van der Waals surface area (Å²) in [7, 11) is 0. The fourth-order valence-electron chi connectivity index (χ4n) is 3.12. The van der Waals surface area contributed by atoms with E-state index in [2.05, 4.69) is 12.2 Å². The number of rotatable bonds is 7. The van der Waals surface area contributed by atoms with E-state index in [0.717, 1.165) is 16.9 Å². The lowest BCUT2D eigenvalue weighted by Crippen LogP contribution is -2.35. The van der Waals surface area contributed by atoms with E-state index in [0.29, 0.717) is 41.5 Å². The molecule has 4 nitrogen and oxygen atoms in total. The largest absolute Gasteiger partial charge is 0.487 e. The molecule has 2 heterocycles. The minimum atomic E-state index is -0.327. The Labute approximate surface area is 162 Å². The maximum atomic E-state index is 14.1. The Bertz CT molecular complexity index is 861. The summed E-state index contributed by atoms with van der Waals surface area (Å²) in [6.07, 6.45) is 1.80. The van der Waals surface area contributed by atoms with E-state index < -0.39 is 0 Å². The predicted molar refractivity (Wildman–Crippen MR) is 105 cm³/mol. The summed E-state index contributed by atoms with van der Waals surface area (Å²) in [6.45, 7) is 6.02. The maximum absolute atomic E-state index is 14.1. The van der Waals surface area contributed by atoms with Crippen LogP contribution in [0.2, 0.25) is 0 Å². The van der Waals surface area contributed by atoms with Crippen molar-refractivity contribution >= 4 is 23.0 Å². The molecule has 27 heavy (non-hydrogen) atoms. The molecule has 2 atom stereocenters. The number of benzene rings is 1. The maximum Gasteiger partial charge on any atom is 0.220 e. The number of amides is 1. The van der Waals surface area contributed by atoms with Gasteiger partial charge in [-0.2, -0.15) is 0 Å². The van der Waals surface area contributed by atoms with Gasteiger partial charge in [-0.15, -0.1) is 11.3 Å². The van der Waals surface area contributed by atoms with Crippen LogP contribution in [0.1, 0.15) is 48.8 Å². The molecule has 1 aliphatic rings. The Balaban J connectivity index is 1.73. The van der Waals surface area contributed by atoms with Gasteiger partial charge >= 0.3 is 0 Å². The molecule has 1 aromatic carbocycles. The first-order chi connectivity index (χ1) is 12.9. The Morgan fingerprint density at radius 2 is 2.15 bits per heavy atom. The smallest absolute Gasteiger partial charge is 0.220 e. The molecule has 0 bridgehead atoms. The quantitative estimate of drug-likeness (QED) is 0.704. The van der Waals surface area contributed by atoms with E-state index in [9.17, 15) is 14.0 Å². The molecule has 1 N–H and O–H groups in total. The molecule has 1 amide bonds. The zero-order valence-electron chi connectivity index (χ0n) is 15.8. The van der Waals surface area contributed by atoms with Crippen LogP contribution in [0.3, 0.4) is 0 Å². The molecule has 0 fully saturated rings. The number of ether oxygens (including phenoxy) is 1. The molecule has 2 unspecified atom stereocenters. The van der Waals surface area contributed by atoms with Crippen molar-refractivity contribution < 1.29 is 18.7 Å². The van der Waals surface area contributed by atoms with Crippen LogP contribution in [-0.2, 0) is 11.2 Å². The highest BCUT2D eigenvalue weighted by atomic mass is 32.1. The van der Waals surface area contributed by atoms with Crippen LogP contribution >= 0.6 is 11.3 Å². The van der Waals surface area contributed by atoms with E-state index in [4.69, 9.17) is 4.74 Å². The standard InChI is InChI=1S/C21H24FNO3S/c1-4-12(2)7-20(25)23-11-16-9-14-8-15(22)10-17(21(14)26-16)19-6-5-18(27-19)13(3)24/h5-6,8,10,12,16H,4,7,9,11H2,1-3H3,(H,23,25). The number of halogens is 1. The van der Waals surface area contributed by atoms with Crippen LogP contribution in [-0.4, -0.2) is 24.3 Å². The molecule has 1 aliphatic heterocycles. The van der Waals surface area contributed by atoms with Crippen molar-refractivity contribution in [2.75, 3.05) is 6.54 Å². The predicted octanol–water partition coefficient (Wildman–Crippen LogP) is 4.61. The summed E-state index contributed by atoms with van der Waals surface area (Å²) >= 11 is 1.33. The van der Waals surface area contributed by atoms with Crippen LogP contribution in [0.4, 0.5) is 4.39 Å². The van der Waals surface area contributed by atoms with Gasteiger partial charge in [-0.05, 0) is 37.1 Å². The topological polar surface area (TPSA) is 55.4 Å². The molecule has 3 rings (SSSR count). The van der Waals surface area contributed by atoms with Crippen molar-refractivity contribution in [3.05, 3.63) is 40.5 Å². The van der Waals surface area contributed by atoms with Crippen LogP contribution in [0, 0.1) is 11.7 Å². The molecular weight excluding hydrogens is 365 g/mol. The number of fused-ring (bicyclic) bond motifs is 1. The number of hydrogen-bond donors (Lipinski definition) is 1. The number of hydrogen-bond acceptors (Lipinski definition) is 4. The Morgan fingerprint density at radius 3 is 2.81 bits per heavy atom. The summed E-state index contributed by atoms with van der Waals surface area (Å²) in [5, 5.41) is 2.92. The molecule has 0 aliphatic carbocycles. The third kappa shape index (κ3) is 4.56. The minimum absolute atomic E-state index is 0.0119.